The van der Waals surface area contributed by atoms with Gasteiger partial charge in [-0.3, -0.25) is 9.59 Å². The van der Waals surface area contributed by atoms with Gasteiger partial charge in [0.2, 0.25) is 5.91 Å². The lowest BCUT2D eigenvalue weighted by Crippen LogP contribution is -2.44. The Morgan fingerprint density at radius 2 is 1.71 bits per heavy atom. The standard InChI is InChI=1S/C21H23ClN2O4/c1-13(2)11-17(24-20(25)14-3-5-15(22)6-4-14)21(26)23-16-7-8-18-19(12-16)28-10-9-27-18/h3-8,12-13,17H,9-11H2,1-2H3,(H,23,26)(H,24,25)/t17-/m1/s1. The topological polar surface area (TPSA) is 76.7 Å². The summed E-state index contributed by atoms with van der Waals surface area (Å²) in [6.07, 6.45) is 0.510. The summed E-state index contributed by atoms with van der Waals surface area (Å²) < 4.78 is 11.0. The third-order valence-corrected chi connectivity index (χ3v) is 4.50. The van der Waals surface area contributed by atoms with Crippen LogP contribution >= 0.6 is 11.6 Å². The molecule has 0 saturated carbocycles. The fourth-order valence-electron chi connectivity index (χ4n) is 2.90. The van der Waals surface area contributed by atoms with E-state index in [1.807, 2.05) is 13.8 Å². The van der Waals surface area contributed by atoms with E-state index < -0.39 is 6.04 Å². The lowest BCUT2D eigenvalue weighted by molar-refractivity contribution is -0.118. The Labute approximate surface area is 169 Å². The summed E-state index contributed by atoms with van der Waals surface area (Å²) in [4.78, 5) is 25.3. The van der Waals surface area contributed by atoms with Crippen LogP contribution in [-0.4, -0.2) is 31.1 Å². The first-order valence-electron chi connectivity index (χ1n) is 9.19. The third kappa shape index (κ3) is 5.16. The van der Waals surface area contributed by atoms with E-state index in [9.17, 15) is 9.59 Å². The zero-order chi connectivity index (χ0) is 20.1. The number of rotatable bonds is 6. The Kier molecular flexibility index (Phi) is 6.41. The zero-order valence-electron chi connectivity index (χ0n) is 15.8. The molecule has 1 atom stereocenters. The van der Waals surface area contributed by atoms with Crippen LogP contribution < -0.4 is 20.1 Å². The molecule has 2 amide bonds. The summed E-state index contributed by atoms with van der Waals surface area (Å²) in [5, 5.41) is 6.22. The fourth-order valence-corrected chi connectivity index (χ4v) is 3.02. The Morgan fingerprint density at radius 3 is 2.39 bits per heavy atom. The van der Waals surface area contributed by atoms with Gasteiger partial charge in [-0.15, -0.1) is 0 Å². The molecule has 2 aromatic rings. The van der Waals surface area contributed by atoms with Gasteiger partial charge in [0, 0.05) is 22.3 Å². The number of benzene rings is 2. The quantitative estimate of drug-likeness (QED) is 0.768. The number of hydrogen-bond acceptors (Lipinski definition) is 4. The summed E-state index contributed by atoms with van der Waals surface area (Å²) in [5.41, 5.74) is 1.04. The Balaban J connectivity index is 1.70. The summed E-state index contributed by atoms with van der Waals surface area (Å²) in [6.45, 7) is 4.97. The molecule has 0 unspecified atom stereocenters. The number of anilines is 1. The van der Waals surface area contributed by atoms with E-state index in [0.717, 1.165) is 0 Å². The van der Waals surface area contributed by atoms with Gasteiger partial charge >= 0.3 is 0 Å². The Hall–Kier alpha value is -2.73. The molecule has 1 heterocycles. The molecule has 6 nitrogen and oxygen atoms in total. The third-order valence-electron chi connectivity index (χ3n) is 4.25. The van der Waals surface area contributed by atoms with Crippen LogP contribution in [0.25, 0.3) is 0 Å². The van der Waals surface area contributed by atoms with E-state index in [4.69, 9.17) is 21.1 Å². The molecular formula is C21H23ClN2O4. The molecule has 28 heavy (non-hydrogen) atoms. The molecule has 1 aliphatic rings. The summed E-state index contributed by atoms with van der Waals surface area (Å²) >= 11 is 5.87. The van der Waals surface area contributed by atoms with Crippen LogP contribution in [0.2, 0.25) is 5.02 Å². The number of carbonyl (C=O) groups excluding carboxylic acids is 2. The predicted octanol–water partition coefficient (Wildman–Crippen LogP) is 3.89. The minimum Gasteiger partial charge on any atom is -0.486 e. The van der Waals surface area contributed by atoms with Gasteiger partial charge in [0.25, 0.3) is 5.91 Å². The van der Waals surface area contributed by atoms with Crippen LogP contribution in [0.4, 0.5) is 5.69 Å². The molecule has 0 fully saturated rings. The minimum absolute atomic E-state index is 0.224. The van der Waals surface area contributed by atoms with Crippen LogP contribution in [0.1, 0.15) is 30.6 Å². The number of carbonyl (C=O) groups is 2. The van der Waals surface area contributed by atoms with Crippen LogP contribution in [-0.2, 0) is 4.79 Å². The van der Waals surface area contributed by atoms with Crippen molar-refractivity contribution in [2.45, 2.75) is 26.3 Å². The van der Waals surface area contributed by atoms with Gasteiger partial charge in [0.05, 0.1) is 0 Å². The van der Waals surface area contributed by atoms with E-state index in [1.54, 1.807) is 42.5 Å². The number of fused-ring (bicyclic) bond motifs is 1. The van der Waals surface area contributed by atoms with Crippen LogP contribution in [0.5, 0.6) is 11.5 Å². The Bertz CT molecular complexity index is 852. The van der Waals surface area contributed by atoms with Gasteiger partial charge in [-0.1, -0.05) is 25.4 Å². The van der Waals surface area contributed by atoms with Crippen molar-refractivity contribution < 1.29 is 19.1 Å². The van der Waals surface area contributed by atoms with Crippen molar-refractivity contribution >= 4 is 29.1 Å². The molecule has 1 aliphatic heterocycles. The maximum Gasteiger partial charge on any atom is 0.251 e. The number of hydrogen-bond donors (Lipinski definition) is 2. The van der Waals surface area contributed by atoms with Crippen molar-refractivity contribution in [2.24, 2.45) is 5.92 Å². The van der Waals surface area contributed by atoms with E-state index in [2.05, 4.69) is 10.6 Å². The van der Waals surface area contributed by atoms with Crippen LogP contribution in [0.3, 0.4) is 0 Å². The largest absolute Gasteiger partial charge is 0.486 e. The van der Waals surface area contributed by atoms with E-state index in [1.165, 1.54) is 0 Å². The summed E-state index contributed by atoms with van der Waals surface area (Å²) in [5.74, 6) is 0.863. The molecule has 0 spiro atoms. The molecule has 0 aromatic heterocycles. The smallest absolute Gasteiger partial charge is 0.251 e. The molecule has 148 valence electrons. The summed E-state index contributed by atoms with van der Waals surface area (Å²) in [7, 11) is 0. The highest BCUT2D eigenvalue weighted by atomic mass is 35.5. The molecule has 7 heteroatoms. The average Bonchev–Trinajstić information content (AvgIpc) is 2.67. The molecule has 0 bridgehead atoms. The lowest BCUT2D eigenvalue weighted by Gasteiger charge is -2.22. The van der Waals surface area contributed by atoms with Crippen molar-refractivity contribution in [3.63, 3.8) is 0 Å². The minimum atomic E-state index is -0.670. The highest BCUT2D eigenvalue weighted by molar-refractivity contribution is 6.30. The molecule has 2 N–H and O–H groups in total. The molecule has 0 aliphatic carbocycles. The Morgan fingerprint density at radius 1 is 1.04 bits per heavy atom. The number of nitrogens with one attached hydrogen (secondary N) is 2. The average molecular weight is 403 g/mol. The van der Waals surface area contributed by atoms with Crippen molar-refractivity contribution in [3.8, 4) is 11.5 Å². The van der Waals surface area contributed by atoms with Crippen molar-refractivity contribution in [1.29, 1.82) is 0 Å². The van der Waals surface area contributed by atoms with Crippen LogP contribution in [0, 0.1) is 5.92 Å². The van der Waals surface area contributed by atoms with Crippen LogP contribution in [0.15, 0.2) is 42.5 Å². The molecule has 2 aromatic carbocycles. The normalized spacial score (nSPS) is 13.7. The molecule has 0 radical (unpaired) electrons. The van der Waals surface area contributed by atoms with E-state index in [0.29, 0.717) is 47.4 Å². The maximum atomic E-state index is 12.8. The zero-order valence-corrected chi connectivity index (χ0v) is 16.6. The second-order valence-corrected chi connectivity index (χ2v) is 7.45. The van der Waals surface area contributed by atoms with Gasteiger partial charge in [-0.25, -0.2) is 0 Å². The number of halogens is 1. The predicted molar refractivity (Wildman–Crippen MR) is 108 cm³/mol. The monoisotopic (exact) mass is 402 g/mol. The molecule has 3 rings (SSSR count). The van der Waals surface area contributed by atoms with Crippen molar-refractivity contribution in [2.75, 3.05) is 18.5 Å². The van der Waals surface area contributed by atoms with Gasteiger partial charge in [0.1, 0.15) is 19.3 Å². The highest BCUT2D eigenvalue weighted by Crippen LogP contribution is 2.32. The second-order valence-electron chi connectivity index (χ2n) is 7.01. The lowest BCUT2D eigenvalue weighted by atomic mass is 10.0. The maximum absolute atomic E-state index is 12.8. The molecular weight excluding hydrogens is 380 g/mol. The van der Waals surface area contributed by atoms with Crippen molar-refractivity contribution in [1.82, 2.24) is 5.32 Å². The van der Waals surface area contributed by atoms with Gasteiger partial charge in [-0.05, 0) is 48.7 Å². The fraction of sp³-hybridized carbons (Fsp3) is 0.333. The van der Waals surface area contributed by atoms with Gasteiger partial charge in [-0.2, -0.15) is 0 Å². The van der Waals surface area contributed by atoms with Gasteiger partial charge in [0.15, 0.2) is 11.5 Å². The first-order valence-corrected chi connectivity index (χ1v) is 9.57. The summed E-state index contributed by atoms with van der Waals surface area (Å²) in [6, 6.07) is 11.1. The number of amides is 2. The SMILES string of the molecule is CC(C)C[C@@H](NC(=O)c1ccc(Cl)cc1)C(=O)Nc1ccc2c(c1)OCCO2. The first-order chi connectivity index (χ1) is 13.4. The highest BCUT2D eigenvalue weighted by Gasteiger charge is 2.23. The van der Waals surface area contributed by atoms with Gasteiger partial charge < -0.3 is 20.1 Å². The van der Waals surface area contributed by atoms with E-state index in [-0.39, 0.29) is 17.7 Å². The second kappa shape index (κ2) is 8.97. The van der Waals surface area contributed by atoms with E-state index >= 15 is 0 Å². The number of ether oxygens (including phenoxy) is 2. The molecule has 0 saturated heterocycles. The first kappa shape index (κ1) is 20.0. The van der Waals surface area contributed by atoms with Crippen molar-refractivity contribution in [3.05, 3.63) is 53.1 Å².